The van der Waals surface area contributed by atoms with Crippen LogP contribution in [0.5, 0.6) is 11.5 Å². The van der Waals surface area contributed by atoms with Gasteiger partial charge in [0.1, 0.15) is 11.5 Å². The van der Waals surface area contributed by atoms with Crippen molar-refractivity contribution in [3.63, 3.8) is 0 Å². The summed E-state index contributed by atoms with van der Waals surface area (Å²) < 4.78 is 10.2. The third kappa shape index (κ3) is 8.07. The molecular weight excluding hydrogens is 388 g/mol. The highest BCUT2D eigenvalue weighted by atomic mass is 32.2. The molecule has 2 N–H and O–H groups in total. The first-order chi connectivity index (χ1) is 14.1. The van der Waals surface area contributed by atoms with Crippen molar-refractivity contribution in [2.75, 3.05) is 38.8 Å². The lowest BCUT2D eigenvalue weighted by molar-refractivity contribution is 0.0945. The van der Waals surface area contributed by atoms with Crippen LogP contribution in [0.1, 0.15) is 33.6 Å². The Kier molecular flexibility index (Phi) is 9.92. The van der Waals surface area contributed by atoms with Crippen LogP contribution in [-0.2, 0) is 0 Å². The number of hydrogen-bond acceptors (Lipinski definition) is 5. The van der Waals surface area contributed by atoms with Gasteiger partial charge in [-0.25, -0.2) is 0 Å². The molecule has 0 fully saturated rings. The first-order valence-electron chi connectivity index (χ1n) is 9.56. The normalized spacial score (nSPS) is 10.3. The molecule has 0 unspecified atom stereocenters. The zero-order valence-electron chi connectivity index (χ0n) is 16.9. The molecule has 0 heterocycles. The van der Waals surface area contributed by atoms with Gasteiger partial charge in [0.15, 0.2) is 0 Å². The van der Waals surface area contributed by atoms with Gasteiger partial charge in [-0.2, -0.15) is 11.8 Å². The minimum Gasteiger partial charge on any atom is -0.497 e. The van der Waals surface area contributed by atoms with Gasteiger partial charge in [-0.1, -0.05) is 0 Å². The predicted octanol–water partition coefficient (Wildman–Crippen LogP) is 3.38. The Balaban J connectivity index is 1.49. The van der Waals surface area contributed by atoms with Gasteiger partial charge >= 0.3 is 0 Å². The fourth-order valence-electron chi connectivity index (χ4n) is 2.54. The quantitative estimate of drug-likeness (QED) is 0.519. The topological polar surface area (TPSA) is 76.7 Å². The number of thioether (sulfide) groups is 1. The lowest BCUT2D eigenvalue weighted by atomic mass is 10.2. The zero-order valence-corrected chi connectivity index (χ0v) is 17.7. The van der Waals surface area contributed by atoms with E-state index in [0.717, 1.165) is 35.8 Å². The second-order valence-corrected chi connectivity index (χ2v) is 7.51. The highest BCUT2D eigenvalue weighted by Crippen LogP contribution is 2.12. The SMILES string of the molecule is COc1ccc(C(=O)NCCCSCCCNC(=O)c2ccc(OC)cc2)cc1. The number of methoxy groups -OCH3 is 2. The van der Waals surface area contributed by atoms with Crippen molar-refractivity contribution < 1.29 is 19.1 Å². The minimum absolute atomic E-state index is 0.0705. The maximum absolute atomic E-state index is 12.0. The summed E-state index contributed by atoms with van der Waals surface area (Å²) in [7, 11) is 3.20. The van der Waals surface area contributed by atoms with Crippen LogP contribution in [0.3, 0.4) is 0 Å². The summed E-state index contributed by atoms with van der Waals surface area (Å²) in [6.07, 6.45) is 1.82. The third-order valence-corrected chi connectivity index (χ3v) is 5.36. The molecule has 6 nitrogen and oxygen atoms in total. The molecule has 2 aromatic carbocycles. The average Bonchev–Trinajstić information content (AvgIpc) is 2.77. The summed E-state index contributed by atoms with van der Waals surface area (Å²) in [5.41, 5.74) is 1.26. The highest BCUT2D eigenvalue weighted by Gasteiger charge is 2.06. The van der Waals surface area contributed by atoms with Crippen molar-refractivity contribution in [1.82, 2.24) is 10.6 Å². The fraction of sp³-hybridized carbons (Fsp3) is 0.364. The summed E-state index contributed by atoms with van der Waals surface area (Å²) in [6, 6.07) is 14.1. The van der Waals surface area contributed by atoms with E-state index < -0.39 is 0 Å². The lowest BCUT2D eigenvalue weighted by Crippen LogP contribution is -2.25. The van der Waals surface area contributed by atoms with Crippen molar-refractivity contribution in [3.05, 3.63) is 59.7 Å². The van der Waals surface area contributed by atoms with Crippen LogP contribution in [0.2, 0.25) is 0 Å². The van der Waals surface area contributed by atoms with E-state index in [1.807, 2.05) is 11.8 Å². The van der Waals surface area contributed by atoms with Gasteiger partial charge in [0.05, 0.1) is 14.2 Å². The first-order valence-corrected chi connectivity index (χ1v) is 10.7. The number of amides is 2. The van der Waals surface area contributed by atoms with E-state index in [-0.39, 0.29) is 11.8 Å². The van der Waals surface area contributed by atoms with E-state index in [0.29, 0.717) is 24.2 Å². The van der Waals surface area contributed by atoms with Gasteiger partial charge in [-0.05, 0) is 72.9 Å². The second-order valence-electron chi connectivity index (χ2n) is 6.29. The summed E-state index contributed by atoms with van der Waals surface area (Å²) in [6.45, 7) is 1.29. The summed E-state index contributed by atoms with van der Waals surface area (Å²) >= 11 is 1.82. The fourth-order valence-corrected chi connectivity index (χ4v) is 3.44. The molecule has 0 spiro atoms. The van der Waals surface area contributed by atoms with Crippen LogP contribution in [0, 0.1) is 0 Å². The van der Waals surface area contributed by atoms with Crippen molar-refractivity contribution in [2.24, 2.45) is 0 Å². The number of rotatable bonds is 12. The Hall–Kier alpha value is -2.67. The van der Waals surface area contributed by atoms with Crippen LogP contribution >= 0.6 is 11.8 Å². The van der Waals surface area contributed by atoms with Crippen LogP contribution in [0.4, 0.5) is 0 Å². The maximum Gasteiger partial charge on any atom is 0.251 e. The number of nitrogens with one attached hydrogen (secondary N) is 2. The zero-order chi connectivity index (χ0) is 20.9. The molecule has 0 aromatic heterocycles. The number of ether oxygens (including phenoxy) is 2. The van der Waals surface area contributed by atoms with E-state index in [1.165, 1.54) is 0 Å². The minimum atomic E-state index is -0.0705. The Labute approximate surface area is 176 Å². The first kappa shape index (κ1) is 22.6. The molecule has 29 heavy (non-hydrogen) atoms. The van der Waals surface area contributed by atoms with Gasteiger partial charge in [-0.3, -0.25) is 9.59 Å². The number of benzene rings is 2. The smallest absolute Gasteiger partial charge is 0.251 e. The van der Waals surface area contributed by atoms with Crippen LogP contribution in [0.15, 0.2) is 48.5 Å². The number of carbonyl (C=O) groups excluding carboxylic acids is 2. The molecule has 0 aliphatic rings. The highest BCUT2D eigenvalue weighted by molar-refractivity contribution is 7.99. The van der Waals surface area contributed by atoms with Gasteiger partial charge in [-0.15, -0.1) is 0 Å². The van der Waals surface area contributed by atoms with Gasteiger partial charge in [0.2, 0.25) is 0 Å². The molecule has 156 valence electrons. The molecule has 7 heteroatoms. The predicted molar refractivity (Wildman–Crippen MR) is 117 cm³/mol. The van der Waals surface area contributed by atoms with Crippen molar-refractivity contribution >= 4 is 23.6 Å². The molecule has 0 aliphatic heterocycles. The Morgan fingerprint density at radius 2 is 1.10 bits per heavy atom. The van der Waals surface area contributed by atoms with Crippen molar-refractivity contribution in [2.45, 2.75) is 12.8 Å². The molecule has 0 saturated carbocycles. The molecule has 0 saturated heterocycles. The third-order valence-electron chi connectivity index (χ3n) is 4.21. The van der Waals surface area contributed by atoms with E-state index in [1.54, 1.807) is 62.8 Å². The monoisotopic (exact) mass is 416 g/mol. The van der Waals surface area contributed by atoms with E-state index in [2.05, 4.69) is 10.6 Å². The Morgan fingerprint density at radius 1 is 0.724 bits per heavy atom. The molecule has 0 bridgehead atoms. The van der Waals surface area contributed by atoms with Gasteiger partial charge in [0.25, 0.3) is 11.8 Å². The average molecular weight is 417 g/mol. The second kappa shape index (κ2) is 12.7. The standard InChI is InChI=1S/C22H28N2O4S/c1-27-19-9-5-17(6-10-19)21(25)23-13-3-15-29-16-4-14-24-22(26)18-7-11-20(28-2)12-8-18/h5-12H,3-4,13-16H2,1-2H3,(H,23,25)(H,24,26). The Morgan fingerprint density at radius 3 is 1.45 bits per heavy atom. The lowest BCUT2D eigenvalue weighted by Gasteiger charge is -2.07. The maximum atomic E-state index is 12.0. The molecule has 0 atom stereocenters. The van der Waals surface area contributed by atoms with Crippen molar-refractivity contribution in [1.29, 1.82) is 0 Å². The number of carbonyl (C=O) groups is 2. The largest absolute Gasteiger partial charge is 0.497 e. The molecule has 0 aliphatic carbocycles. The summed E-state index contributed by atoms with van der Waals surface area (Å²) in [5, 5.41) is 5.84. The Bertz CT molecular complexity index is 698. The van der Waals surface area contributed by atoms with E-state index >= 15 is 0 Å². The molecule has 2 rings (SSSR count). The van der Waals surface area contributed by atoms with E-state index in [4.69, 9.17) is 9.47 Å². The van der Waals surface area contributed by atoms with Gasteiger partial charge < -0.3 is 20.1 Å². The van der Waals surface area contributed by atoms with Crippen LogP contribution in [-0.4, -0.2) is 50.6 Å². The van der Waals surface area contributed by atoms with Crippen LogP contribution in [0.25, 0.3) is 0 Å². The molecule has 2 amide bonds. The summed E-state index contributed by atoms with van der Waals surface area (Å²) in [4.78, 5) is 24.1. The number of hydrogen-bond donors (Lipinski definition) is 2. The van der Waals surface area contributed by atoms with E-state index in [9.17, 15) is 9.59 Å². The summed E-state index contributed by atoms with van der Waals surface area (Å²) in [5.74, 6) is 3.26. The van der Waals surface area contributed by atoms with Gasteiger partial charge in [0, 0.05) is 24.2 Å². The molecule has 2 aromatic rings. The van der Waals surface area contributed by atoms with Crippen molar-refractivity contribution in [3.8, 4) is 11.5 Å². The molecule has 0 radical (unpaired) electrons. The molecular formula is C22H28N2O4S. The van der Waals surface area contributed by atoms with Crippen LogP contribution < -0.4 is 20.1 Å².